The van der Waals surface area contributed by atoms with Crippen molar-refractivity contribution in [2.45, 2.75) is 13.2 Å². The highest BCUT2D eigenvalue weighted by atomic mass is 79.9. The lowest BCUT2D eigenvalue weighted by Crippen LogP contribution is -2.31. The maximum Gasteiger partial charge on any atom is 0.387 e. The van der Waals surface area contributed by atoms with Gasteiger partial charge in [0.25, 0.3) is 0 Å². The first kappa shape index (κ1) is 20.1. The number of aliphatic hydroxyl groups is 1. The molecule has 0 bridgehead atoms. The van der Waals surface area contributed by atoms with Gasteiger partial charge in [0.2, 0.25) is 5.91 Å². The summed E-state index contributed by atoms with van der Waals surface area (Å²) in [7, 11) is 0. The van der Waals surface area contributed by atoms with Crippen molar-refractivity contribution >= 4 is 27.9 Å². The molecule has 138 valence electrons. The van der Waals surface area contributed by atoms with E-state index in [0.29, 0.717) is 16.6 Å². The van der Waals surface area contributed by atoms with Gasteiger partial charge in [0.1, 0.15) is 5.75 Å². The topological polar surface area (TPSA) is 49.8 Å². The van der Waals surface area contributed by atoms with Crippen molar-refractivity contribution in [3.8, 4) is 5.75 Å². The number of hydrogen-bond donors (Lipinski definition) is 1. The second-order valence-electron chi connectivity index (χ2n) is 5.36. The van der Waals surface area contributed by atoms with Gasteiger partial charge in [-0.05, 0) is 29.8 Å². The van der Waals surface area contributed by atoms with Crippen LogP contribution >= 0.6 is 15.9 Å². The third-order valence-electron chi connectivity index (χ3n) is 3.49. The first-order valence-corrected chi connectivity index (χ1v) is 8.65. The third-order valence-corrected chi connectivity index (χ3v) is 3.98. The number of rotatable bonds is 8. The van der Waals surface area contributed by atoms with Crippen molar-refractivity contribution < 1.29 is 23.4 Å². The maximum absolute atomic E-state index is 12.5. The second-order valence-corrected chi connectivity index (χ2v) is 6.28. The molecule has 0 heterocycles. The Balaban J connectivity index is 2.16. The molecule has 26 heavy (non-hydrogen) atoms. The van der Waals surface area contributed by atoms with E-state index in [9.17, 15) is 18.7 Å². The number of halogens is 3. The molecule has 0 radical (unpaired) electrons. The summed E-state index contributed by atoms with van der Waals surface area (Å²) in [6.45, 7) is -2.63. The van der Waals surface area contributed by atoms with E-state index in [2.05, 4.69) is 20.7 Å². The van der Waals surface area contributed by atoms with E-state index in [1.807, 2.05) is 30.3 Å². The number of nitrogens with zero attached hydrogens (tertiary/aromatic N) is 1. The molecular weight excluding hydrogens is 408 g/mol. The molecule has 1 N–H and O–H groups in total. The molecule has 7 heteroatoms. The molecule has 0 saturated carbocycles. The van der Waals surface area contributed by atoms with Crippen molar-refractivity contribution in [2.24, 2.45) is 0 Å². The highest BCUT2D eigenvalue weighted by Crippen LogP contribution is 2.26. The number of alkyl halides is 2. The number of carbonyl (C=O) groups is 1. The van der Waals surface area contributed by atoms with Gasteiger partial charge in [-0.15, -0.1) is 0 Å². The minimum atomic E-state index is -2.96. The van der Waals surface area contributed by atoms with Gasteiger partial charge in [-0.2, -0.15) is 8.78 Å². The normalized spacial score (nSPS) is 11.1. The van der Waals surface area contributed by atoms with Crippen LogP contribution in [0.4, 0.5) is 8.78 Å². The Morgan fingerprint density at radius 1 is 1.23 bits per heavy atom. The molecule has 0 aliphatic heterocycles. The van der Waals surface area contributed by atoms with Gasteiger partial charge in [0.05, 0.1) is 6.61 Å². The van der Waals surface area contributed by atoms with Gasteiger partial charge in [0.15, 0.2) is 0 Å². The lowest BCUT2D eigenvalue weighted by atomic mass is 10.1. The second kappa shape index (κ2) is 10.0. The number of hydrogen-bond acceptors (Lipinski definition) is 3. The van der Waals surface area contributed by atoms with Crippen LogP contribution in [-0.4, -0.2) is 35.7 Å². The van der Waals surface area contributed by atoms with Crippen molar-refractivity contribution in [3.05, 3.63) is 70.2 Å². The molecule has 0 saturated heterocycles. The van der Waals surface area contributed by atoms with E-state index in [0.717, 1.165) is 5.56 Å². The van der Waals surface area contributed by atoms with E-state index in [4.69, 9.17) is 0 Å². The predicted octanol–water partition coefficient (Wildman–Crippen LogP) is 4.08. The summed E-state index contributed by atoms with van der Waals surface area (Å²) in [5, 5.41) is 9.20. The Bertz CT molecular complexity index is 754. The Hall–Kier alpha value is -2.25. The van der Waals surface area contributed by atoms with Gasteiger partial charge in [-0.25, -0.2) is 0 Å². The fourth-order valence-corrected chi connectivity index (χ4v) is 2.69. The Morgan fingerprint density at radius 3 is 2.62 bits per heavy atom. The van der Waals surface area contributed by atoms with Crippen LogP contribution in [0.15, 0.2) is 59.1 Å². The summed E-state index contributed by atoms with van der Waals surface area (Å²) in [4.78, 5) is 13.9. The first-order chi connectivity index (χ1) is 12.5. The zero-order valence-corrected chi connectivity index (χ0v) is 15.4. The minimum Gasteiger partial charge on any atom is -0.434 e. The van der Waals surface area contributed by atoms with Crippen molar-refractivity contribution in [3.63, 3.8) is 0 Å². The van der Waals surface area contributed by atoms with Crippen LogP contribution in [0.2, 0.25) is 0 Å². The van der Waals surface area contributed by atoms with Crippen LogP contribution in [-0.2, 0) is 11.3 Å². The molecule has 2 aromatic carbocycles. The van der Waals surface area contributed by atoms with Crippen molar-refractivity contribution in [1.82, 2.24) is 4.90 Å². The number of benzene rings is 2. The molecule has 0 aliphatic rings. The lowest BCUT2D eigenvalue weighted by molar-refractivity contribution is -0.127. The highest BCUT2D eigenvalue weighted by molar-refractivity contribution is 9.10. The summed E-state index contributed by atoms with van der Waals surface area (Å²) in [5.74, 6) is -0.366. The average molecular weight is 426 g/mol. The molecular formula is C19H18BrF2NO3. The first-order valence-electron chi connectivity index (χ1n) is 7.85. The molecule has 2 aromatic rings. The zero-order chi connectivity index (χ0) is 18.9. The number of amides is 1. The molecule has 4 nitrogen and oxygen atoms in total. The van der Waals surface area contributed by atoms with E-state index in [-0.39, 0.29) is 24.8 Å². The molecule has 0 spiro atoms. The van der Waals surface area contributed by atoms with E-state index in [1.165, 1.54) is 23.1 Å². The summed E-state index contributed by atoms with van der Waals surface area (Å²) >= 11 is 3.26. The van der Waals surface area contributed by atoms with E-state index < -0.39 is 6.61 Å². The van der Waals surface area contributed by atoms with Crippen LogP contribution in [0.3, 0.4) is 0 Å². The van der Waals surface area contributed by atoms with Crippen LogP contribution in [0.1, 0.15) is 11.1 Å². The van der Waals surface area contributed by atoms with Gasteiger partial charge < -0.3 is 14.7 Å². The molecule has 0 atom stereocenters. The molecule has 1 amide bonds. The maximum atomic E-state index is 12.5. The Morgan fingerprint density at radius 2 is 1.96 bits per heavy atom. The molecule has 0 aliphatic carbocycles. The Labute approximate surface area is 158 Å². The van der Waals surface area contributed by atoms with Crippen LogP contribution in [0, 0.1) is 0 Å². The van der Waals surface area contributed by atoms with Gasteiger partial charge >= 0.3 is 6.61 Å². The predicted molar refractivity (Wildman–Crippen MR) is 98.8 cm³/mol. The molecule has 0 fully saturated rings. The van der Waals surface area contributed by atoms with Crippen LogP contribution in [0.5, 0.6) is 5.75 Å². The fourth-order valence-electron chi connectivity index (χ4n) is 2.31. The quantitative estimate of drug-likeness (QED) is 0.648. The van der Waals surface area contributed by atoms with Gasteiger partial charge in [-0.1, -0.05) is 46.3 Å². The van der Waals surface area contributed by atoms with Gasteiger partial charge in [-0.3, -0.25) is 4.79 Å². The molecule has 0 unspecified atom stereocenters. The van der Waals surface area contributed by atoms with Gasteiger partial charge in [0, 0.05) is 29.2 Å². The zero-order valence-electron chi connectivity index (χ0n) is 13.8. The molecule has 2 rings (SSSR count). The average Bonchev–Trinajstić information content (AvgIpc) is 2.62. The van der Waals surface area contributed by atoms with Crippen molar-refractivity contribution in [1.29, 1.82) is 0 Å². The summed E-state index contributed by atoms with van der Waals surface area (Å²) < 4.78 is 30.2. The fraction of sp³-hybridized carbons (Fsp3) is 0.211. The largest absolute Gasteiger partial charge is 0.434 e. The van der Waals surface area contributed by atoms with Crippen LogP contribution < -0.4 is 4.74 Å². The van der Waals surface area contributed by atoms with Crippen LogP contribution in [0.25, 0.3) is 6.08 Å². The number of aliphatic hydroxyl groups excluding tert-OH is 1. The molecule has 0 aromatic heterocycles. The minimum absolute atomic E-state index is 0.0241. The van der Waals surface area contributed by atoms with Crippen molar-refractivity contribution in [2.75, 3.05) is 13.2 Å². The summed E-state index contributed by atoms with van der Waals surface area (Å²) in [6.07, 6.45) is 2.69. The lowest BCUT2D eigenvalue weighted by Gasteiger charge is -2.20. The Kier molecular flexibility index (Phi) is 7.74. The standard InChI is InChI=1S/C19H18BrF2NO3/c20-16-7-8-17(26-19(21)22)15(12-16)6-9-18(25)23(10-11-24)13-14-4-2-1-3-5-14/h1-9,12,19,24H,10-11,13H2/b9-6+. The van der Waals surface area contributed by atoms with E-state index in [1.54, 1.807) is 12.1 Å². The number of ether oxygens (including phenoxy) is 1. The van der Waals surface area contributed by atoms with E-state index >= 15 is 0 Å². The summed E-state index contributed by atoms with van der Waals surface area (Å²) in [5.41, 5.74) is 1.27. The smallest absolute Gasteiger partial charge is 0.387 e. The SMILES string of the molecule is O=C(/C=C/c1cc(Br)ccc1OC(F)F)N(CCO)Cc1ccccc1. The highest BCUT2D eigenvalue weighted by Gasteiger charge is 2.12. The third kappa shape index (κ3) is 6.24. The monoisotopic (exact) mass is 425 g/mol. The summed E-state index contributed by atoms with van der Waals surface area (Å²) in [6, 6.07) is 13.9. The number of carbonyl (C=O) groups excluding carboxylic acids is 1.